The summed E-state index contributed by atoms with van der Waals surface area (Å²) >= 11 is 0. The van der Waals surface area contributed by atoms with Gasteiger partial charge in [0, 0.05) is 12.5 Å². The van der Waals surface area contributed by atoms with Gasteiger partial charge in [-0.15, -0.1) is 10.2 Å². The van der Waals surface area contributed by atoms with Crippen LogP contribution in [0.15, 0.2) is 22.8 Å². The van der Waals surface area contributed by atoms with E-state index >= 15 is 0 Å². The molecule has 3 rings (SSSR count). The van der Waals surface area contributed by atoms with Gasteiger partial charge in [0.25, 0.3) is 0 Å². The molecule has 0 fully saturated rings. The van der Waals surface area contributed by atoms with Crippen LogP contribution >= 0.6 is 0 Å². The van der Waals surface area contributed by atoms with Crippen molar-refractivity contribution in [3.8, 4) is 0 Å². The van der Waals surface area contributed by atoms with Crippen LogP contribution in [-0.2, 0) is 13.0 Å². The average Bonchev–Trinajstić information content (AvgIpc) is 2.90. The van der Waals surface area contributed by atoms with Crippen LogP contribution in [0.4, 0.5) is 0 Å². The summed E-state index contributed by atoms with van der Waals surface area (Å²) in [6, 6.07) is 3.89. The molecule has 1 aliphatic heterocycles. The van der Waals surface area contributed by atoms with Gasteiger partial charge >= 0.3 is 0 Å². The average molecular weight is 217 g/mol. The van der Waals surface area contributed by atoms with Gasteiger partial charge in [0.1, 0.15) is 17.4 Å². The second-order valence-electron chi connectivity index (χ2n) is 4.43. The highest BCUT2D eigenvalue weighted by Gasteiger charge is 2.21. The van der Waals surface area contributed by atoms with Crippen molar-refractivity contribution >= 4 is 0 Å². The lowest BCUT2D eigenvalue weighted by Crippen LogP contribution is -2.16. The molecule has 0 saturated carbocycles. The Morgan fingerprint density at radius 2 is 2.44 bits per heavy atom. The Balaban J connectivity index is 1.91. The molecule has 2 aromatic rings. The maximum atomic E-state index is 5.34. The normalized spacial score (nSPS) is 19.7. The maximum Gasteiger partial charge on any atom is 0.140 e. The molecule has 0 spiro atoms. The topological polar surface area (TPSA) is 43.9 Å². The van der Waals surface area contributed by atoms with Gasteiger partial charge in [0.05, 0.1) is 12.7 Å². The standard InChI is InChI=1S/C12H15N3O/c1-9-4-2-6-15-11(13-14-12(9)15)8-10-5-3-7-16-10/h3,5,7,9H,2,4,6,8H2,1H3. The summed E-state index contributed by atoms with van der Waals surface area (Å²) in [5.74, 6) is 3.64. The van der Waals surface area contributed by atoms with Crippen molar-refractivity contribution in [1.29, 1.82) is 0 Å². The fraction of sp³-hybridized carbons (Fsp3) is 0.500. The summed E-state index contributed by atoms with van der Waals surface area (Å²) < 4.78 is 7.59. The van der Waals surface area contributed by atoms with Crippen molar-refractivity contribution in [2.75, 3.05) is 0 Å². The maximum absolute atomic E-state index is 5.34. The fourth-order valence-electron chi connectivity index (χ4n) is 2.34. The lowest BCUT2D eigenvalue weighted by Gasteiger charge is -2.19. The van der Waals surface area contributed by atoms with Crippen molar-refractivity contribution in [1.82, 2.24) is 14.8 Å². The molecule has 0 aliphatic carbocycles. The van der Waals surface area contributed by atoms with Crippen LogP contribution in [0.3, 0.4) is 0 Å². The zero-order chi connectivity index (χ0) is 11.0. The van der Waals surface area contributed by atoms with Crippen LogP contribution < -0.4 is 0 Å². The van der Waals surface area contributed by atoms with Gasteiger partial charge in [-0.3, -0.25) is 0 Å². The Morgan fingerprint density at radius 1 is 1.50 bits per heavy atom. The van der Waals surface area contributed by atoms with Crippen molar-refractivity contribution in [3.05, 3.63) is 35.8 Å². The minimum Gasteiger partial charge on any atom is -0.469 e. The molecule has 1 atom stereocenters. The molecule has 0 amide bonds. The summed E-state index contributed by atoms with van der Waals surface area (Å²) in [4.78, 5) is 0. The molecule has 0 bridgehead atoms. The molecular weight excluding hydrogens is 202 g/mol. The zero-order valence-electron chi connectivity index (χ0n) is 9.39. The van der Waals surface area contributed by atoms with Gasteiger partial charge in [-0.2, -0.15) is 0 Å². The van der Waals surface area contributed by atoms with Crippen LogP contribution in [0, 0.1) is 0 Å². The van der Waals surface area contributed by atoms with Gasteiger partial charge in [-0.1, -0.05) is 6.92 Å². The molecule has 1 aliphatic rings. The van der Waals surface area contributed by atoms with Crippen molar-refractivity contribution < 1.29 is 4.42 Å². The summed E-state index contributed by atoms with van der Waals surface area (Å²) in [6.07, 6.45) is 4.88. The molecule has 0 radical (unpaired) electrons. The Bertz CT molecular complexity index is 472. The summed E-state index contributed by atoms with van der Waals surface area (Å²) in [5.41, 5.74) is 0. The van der Waals surface area contributed by atoms with Crippen LogP contribution in [0.25, 0.3) is 0 Å². The van der Waals surface area contributed by atoms with E-state index in [-0.39, 0.29) is 0 Å². The third-order valence-corrected chi connectivity index (χ3v) is 3.23. The van der Waals surface area contributed by atoms with E-state index in [9.17, 15) is 0 Å². The van der Waals surface area contributed by atoms with Crippen molar-refractivity contribution in [3.63, 3.8) is 0 Å². The van der Waals surface area contributed by atoms with Gasteiger partial charge in [0.2, 0.25) is 0 Å². The molecule has 0 N–H and O–H groups in total. The molecule has 84 valence electrons. The van der Waals surface area contributed by atoms with E-state index in [2.05, 4.69) is 21.7 Å². The first-order chi connectivity index (χ1) is 7.84. The monoisotopic (exact) mass is 217 g/mol. The quantitative estimate of drug-likeness (QED) is 0.775. The second kappa shape index (κ2) is 3.77. The number of nitrogens with zero attached hydrogens (tertiary/aromatic N) is 3. The van der Waals surface area contributed by atoms with Gasteiger partial charge < -0.3 is 8.98 Å². The van der Waals surface area contributed by atoms with E-state index in [4.69, 9.17) is 4.42 Å². The zero-order valence-corrected chi connectivity index (χ0v) is 9.39. The number of hydrogen-bond acceptors (Lipinski definition) is 3. The molecule has 3 heterocycles. The molecular formula is C12H15N3O. The van der Waals surface area contributed by atoms with E-state index in [1.54, 1.807) is 6.26 Å². The SMILES string of the molecule is CC1CCCn2c(Cc3ccco3)nnc21. The minimum atomic E-state index is 0.534. The largest absolute Gasteiger partial charge is 0.469 e. The Morgan fingerprint density at radius 3 is 3.25 bits per heavy atom. The van der Waals surface area contributed by atoms with E-state index in [1.165, 1.54) is 12.8 Å². The van der Waals surface area contributed by atoms with Crippen LogP contribution in [-0.4, -0.2) is 14.8 Å². The third kappa shape index (κ3) is 1.54. The number of aromatic nitrogens is 3. The number of furan rings is 1. The molecule has 0 aromatic carbocycles. The molecule has 4 nitrogen and oxygen atoms in total. The number of rotatable bonds is 2. The predicted octanol–water partition coefficient (Wildman–Crippen LogP) is 2.36. The summed E-state index contributed by atoms with van der Waals surface area (Å²) in [5, 5.41) is 8.57. The highest BCUT2D eigenvalue weighted by molar-refractivity contribution is 5.10. The fourth-order valence-corrected chi connectivity index (χ4v) is 2.34. The second-order valence-corrected chi connectivity index (χ2v) is 4.43. The predicted molar refractivity (Wildman–Crippen MR) is 59.2 cm³/mol. The third-order valence-electron chi connectivity index (χ3n) is 3.23. The van der Waals surface area contributed by atoms with Crippen LogP contribution in [0.1, 0.15) is 43.1 Å². The highest BCUT2D eigenvalue weighted by Crippen LogP contribution is 2.26. The molecule has 16 heavy (non-hydrogen) atoms. The molecule has 4 heteroatoms. The molecule has 2 aromatic heterocycles. The first kappa shape index (κ1) is 9.63. The lowest BCUT2D eigenvalue weighted by atomic mass is 10.0. The van der Waals surface area contributed by atoms with Crippen molar-refractivity contribution in [2.24, 2.45) is 0 Å². The van der Waals surface area contributed by atoms with Gasteiger partial charge in [0.15, 0.2) is 0 Å². The number of fused-ring (bicyclic) bond motifs is 1. The van der Waals surface area contributed by atoms with Gasteiger partial charge in [-0.05, 0) is 25.0 Å². The van der Waals surface area contributed by atoms with Crippen LogP contribution in [0.2, 0.25) is 0 Å². The number of hydrogen-bond donors (Lipinski definition) is 0. The minimum absolute atomic E-state index is 0.534. The van der Waals surface area contributed by atoms with E-state index in [1.807, 2.05) is 12.1 Å². The Labute approximate surface area is 94.3 Å². The highest BCUT2D eigenvalue weighted by atomic mass is 16.3. The Kier molecular flexibility index (Phi) is 2.27. The van der Waals surface area contributed by atoms with E-state index in [0.29, 0.717) is 5.92 Å². The first-order valence-corrected chi connectivity index (χ1v) is 5.79. The molecule has 1 unspecified atom stereocenters. The smallest absolute Gasteiger partial charge is 0.140 e. The lowest BCUT2D eigenvalue weighted by molar-refractivity contribution is 0.449. The van der Waals surface area contributed by atoms with Crippen molar-refractivity contribution in [2.45, 2.75) is 38.6 Å². The van der Waals surface area contributed by atoms with Crippen LogP contribution in [0.5, 0.6) is 0 Å². The van der Waals surface area contributed by atoms with E-state index < -0.39 is 0 Å². The molecule has 0 saturated heterocycles. The summed E-state index contributed by atoms with van der Waals surface area (Å²) in [6.45, 7) is 3.26. The van der Waals surface area contributed by atoms with Gasteiger partial charge in [-0.25, -0.2) is 0 Å². The van der Waals surface area contributed by atoms with E-state index in [0.717, 1.165) is 30.4 Å². The summed E-state index contributed by atoms with van der Waals surface area (Å²) in [7, 11) is 0. The Hall–Kier alpha value is -1.58. The first-order valence-electron chi connectivity index (χ1n) is 5.79.